The Morgan fingerprint density at radius 2 is 2.56 bits per heavy atom. The van der Waals surface area contributed by atoms with E-state index in [0.29, 0.717) is 12.1 Å². The number of hydrogen-bond acceptors (Lipinski definition) is 5. The maximum Gasteiger partial charge on any atom is 0.191 e. The molecule has 2 atom stereocenters. The minimum absolute atomic E-state index is 0.319. The highest BCUT2D eigenvalue weighted by molar-refractivity contribution is 5.81. The van der Waals surface area contributed by atoms with E-state index in [1.165, 1.54) is 19.4 Å². The zero-order chi connectivity index (χ0) is 10.8. The summed E-state index contributed by atoms with van der Waals surface area (Å²) in [5.41, 5.74) is 0. The van der Waals surface area contributed by atoms with Crippen LogP contribution in [0.1, 0.15) is 12.8 Å². The van der Waals surface area contributed by atoms with Gasteiger partial charge in [0.05, 0.1) is 19.3 Å². The fourth-order valence-electron chi connectivity index (χ4n) is 2.74. The Labute approximate surface area is 96.2 Å². The monoisotopic (exact) mass is 224 g/mol. The van der Waals surface area contributed by atoms with Gasteiger partial charge in [-0.3, -0.25) is 9.89 Å². The summed E-state index contributed by atoms with van der Waals surface area (Å²) in [6.07, 6.45) is 2.97. The van der Waals surface area contributed by atoms with Crippen molar-refractivity contribution >= 4 is 5.96 Å². The molecule has 3 heterocycles. The summed E-state index contributed by atoms with van der Waals surface area (Å²) in [6, 6.07) is 0.693. The predicted octanol–water partition coefficient (Wildman–Crippen LogP) is -0.602. The first-order valence-electron chi connectivity index (χ1n) is 6.29. The maximum absolute atomic E-state index is 5.86. The summed E-state index contributed by atoms with van der Waals surface area (Å²) in [5, 5.41) is 6.53. The Morgan fingerprint density at radius 1 is 1.56 bits per heavy atom. The SMILES string of the molecule is C1CC2COC(CNC3=NCCN3)CN2C1. The Bertz CT molecular complexity index is 281. The molecule has 3 aliphatic heterocycles. The molecule has 2 N–H and O–H groups in total. The van der Waals surface area contributed by atoms with Crippen LogP contribution in [0.3, 0.4) is 0 Å². The van der Waals surface area contributed by atoms with Crippen molar-refractivity contribution in [1.29, 1.82) is 0 Å². The minimum Gasteiger partial charge on any atom is -0.373 e. The zero-order valence-corrected chi connectivity index (χ0v) is 9.61. The molecule has 0 aliphatic carbocycles. The second-order valence-electron chi connectivity index (χ2n) is 4.78. The third-order valence-electron chi connectivity index (χ3n) is 3.63. The number of aliphatic imine (C=N–C) groups is 1. The highest BCUT2D eigenvalue weighted by Gasteiger charge is 2.32. The van der Waals surface area contributed by atoms with Gasteiger partial charge in [-0.15, -0.1) is 0 Å². The van der Waals surface area contributed by atoms with E-state index in [0.717, 1.165) is 38.7 Å². The molecule has 0 radical (unpaired) electrons. The van der Waals surface area contributed by atoms with Crippen LogP contribution in [-0.4, -0.2) is 62.3 Å². The summed E-state index contributed by atoms with van der Waals surface area (Å²) in [5.74, 6) is 0.937. The molecule has 0 spiro atoms. The van der Waals surface area contributed by atoms with Gasteiger partial charge < -0.3 is 15.4 Å². The van der Waals surface area contributed by atoms with Crippen molar-refractivity contribution < 1.29 is 4.74 Å². The number of fused-ring (bicyclic) bond motifs is 1. The van der Waals surface area contributed by atoms with Crippen LogP contribution >= 0.6 is 0 Å². The summed E-state index contributed by atoms with van der Waals surface area (Å²) >= 11 is 0. The van der Waals surface area contributed by atoms with Gasteiger partial charge in [0, 0.05) is 25.7 Å². The fourth-order valence-corrected chi connectivity index (χ4v) is 2.74. The Kier molecular flexibility index (Phi) is 2.97. The Morgan fingerprint density at radius 3 is 3.44 bits per heavy atom. The largest absolute Gasteiger partial charge is 0.373 e. The molecule has 2 saturated heterocycles. The smallest absolute Gasteiger partial charge is 0.191 e. The molecule has 3 rings (SSSR count). The molecule has 3 aliphatic rings. The van der Waals surface area contributed by atoms with E-state index in [9.17, 15) is 0 Å². The zero-order valence-electron chi connectivity index (χ0n) is 9.61. The molecule has 0 saturated carbocycles. The molecule has 90 valence electrons. The normalized spacial score (nSPS) is 34.4. The van der Waals surface area contributed by atoms with Crippen LogP contribution in [0.15, 0.2) is 4.99 Å². The second kappa shape index (κ2) is 4.59. The van der Waals surface area contributed by atoms with Crippen molar-refractivity contribution in [2.45, 2.75) is 25.0 Å². The lowest BCUT2D eigenvalue weighted by Crippen LogP contribution is -2.50. The van der Waals surface area contributed by atoms with Crippen LogP contribution in [0.25, 0.3) is 0 Å². The van der Waals surface area contributed by atoms with Crippen LogP contribution in [0.2, 0.25) is 0 Å². The van der Waals surface area contributed by atoms with Gasteiger partial charge in [-0.05, 0) is 19.4 Å². The van der Waals surface area contributed by atoms with Crippen LogP contribution in [0.4, 0.5) is 0 Å². The van der Waals surface area contributed by atoms with E-state index in [1.54, 1.807) is 0 Å². The van der Waals surface area contributed by atoms with Crippen LogP contribution in [-0.2, 0) is 4.74 Å². The number of hydrogen-bond donors (Lipinski definition) is 2. The van der Waals surface area contributed by atoms with Gasteiger partial charge in [-0.2, -0.15) is 0 Å². The molecule has 5 nitrogen and oxygen atoms in total. The van der Waals surface area contributed by atoms with Gasteiger partial charge >= 0.3 is 0 Å². The quantitative estimate of drug-likeness (QED) is 0.657. The lowest BCUT2D eigenvalue weighted by Gasteiger charge is -2.35. The molecular formula is C11H20N4O. The summed E-state index contributed by atoms with van der Waals surface area (Å²) in [4.78, 5) is 6.88. The number of nitrogens with one attached hydrogen (secondary N) is 2. The molecule has 0 bridgehead atoms. The highest BCUT2D eigenvalue weighted by atomic mass is 16.5. The van der Waals surface area contributed by atoms with Crippen molar-refractivity contribution in [3.63, 3.8) is 0 Å². The van der Waals surface area contributed by atoms with Crippen LogP contribution in [0.5, 0.6) is 0 Å². The number of morpholine rings is 1. The van der Waals surface area contributed by atoms with Crippen molar-refractivity contribution in [2.75, 3.05) is 39.3 Å². The Balaban J connectivity index is 1.45. The van der Waals surface area contributed by atoms with Crippen molar-refractivity contribution in [3.8, 4) is 0 Å². The van der Waals surface area contributed by atoms with E-state index in [4.69, 9.17) is 4.74 Å². The van der Waals surface area contributed by atoms with Crippen molar-refractivity contribution in [2.24, 2.45) is 4.99 Å². The first-order valence-corrected chi connectivity index (χ1v) is 6.29. The minimum atomic E-state index is 0.319. The number of ether oxygens (including phenoxy) is 1. The van der Waals surface area contributed by atoms with Crippen LogP contribution < -0.4 is 10.6 Å². The van der Waals surface area contributed by atoms with E-state index in [1.807, 2.05) is 0 Å². The molecule has 0 aromatic rings. The lowest BCUT2D eigenvalue weighted by atomic mass is 10.2. The fraction of sp³-hybridized carbons (Fsp3) is 0.909. The predicted molar refractivity (Wildman–Crippen MR) is 62.6 cm³/mol. The van der Waals surface area contributed by atoms with Gasteiger partial charge in [0.15, 0.2) is 5.96 Å². The first kappa shape index (κ1) is 10.4. The van der Waals surface area contributed by atoms with E-state index >= 15 is 0 Å². The highest BCUT2D eigenvalue weighted by Crippen LogP contribution is 2.22. The molecule has 0 aromatic heterocycles. The van der Waals surface area contributed by atoms with Crippen molar-refractivity contribution in [1.82, 2.24) is 15.5 Å². The summed E-state index contributed by atoms with van der Waals surface area (Å²) in [6.45, 7) is 5.96. The number of guanidine groups is 1. The molecule has 0 amide bonds. The molecular weight excluding hydrogens is 204 g/mol. The molecule has 16 heavy (non-hydrogen) atoms. The first-order chi connectivity index (χ1) is 7.92. The topological polar surface area (TPSA) is 48.9 Å². The Hall–Kier alpha value is -0.810. The third-order valence-corrected chi connectivity index (χ3v) is 3.63. The van der Waals surface area contributed by atoms with E-state index in [2.05, 4.69) is 20.5 Å². The van der Waals surface area contributed by atoms with Crippen molar-refractivity contribution in [3.05, 3.63) is 0 Å². The van der Waals surface area contributed by atoms with Gasteiger partial charge in [0.2, 0.25) is 0 Å². The van der Waals surface area contributed by atoms with Gasteiger partial charge in [0.1, 0.15) is 0 Å². The van der Waals surface area contributed by atoms with Crippen LogP contribution in [0, 0.1) is 0 Å². The molecule has 0 aromatic carbocycles. The summed E-state index contributed by atoms with van der Waals surface area (Å²) in [7, 11) is 0. The van der Waals surface area contributed by atoms with Gasteiger partial charge in [0.25, 0.3) is 0 Å². The van der Waals surface area contributed by atoms with Gasteiger partial charge in [-0.25, -0.2) is 0 Å². The second-order valence-corrected chi connectivity index (χ2v) is 4.78. The van der Waals surface area contributed by atoms with E-state index in [-0.39, 0.29) is 0 Å². The molecule has 2 fully saturated rings. The van der Waals surface area contributed by atoms with Gasteiger partial charge in [-0.1, -0.05) is 0 Å². The average Bonchev–Trinajstić information content (AvgIpc) is 2.97. The summed E-state index contributed by atoms with van der Waals surface area (Å²) < 4.78 is 5.86. The average molecular weight is 224 g/mol. The third kappa shape index (κ3) is 2.15. The number of rotatable bonds is 2. The lowest BCUT2D eigenvalue weighted by molar-refractivity contribution is -0.0452. The maximum atomic E-state index is 5.86. The standard InChI is InChI=1S/C11H20N4O/c1-2-9-8-16-10(7-15(9)5-1)6-14-11-12-3-4-13-11/h9-10H,1-8H2,(H2,12,13,14). The van der Waals surface area contributed by atoms with E-state index < -0.39 is 0 Å². The molecule has 2 unspecified atom stereocenters. The number of nitrogens with zero attached hydrogens (tertiary/aromatic N) is 2. The molecule has 5 heteroatoms.